The summed E-state index contributed by atoms with van der Waals surface area (Å²) in [5, 5.41) is 9.35. The Bertz CT molecular complexity index is 1480. The Morgan fingerprint density at radius 2 is 1.53 bits per heavy atom. The lowest BCUT2D eigenvalue weighted by Crippen LogP contribution is -2.18. The Balaban J connectivity index is 1.51. The maximum absolute atomic E-state index is 13.2. The summed E-state index contributed by atoms with van der Waals surface area (Å²) in [4.78, 5) is 25.9. The van der Waals surface area contributed by atoms with E-state index in [1.54, 1.807) is 18.2 Å². The van der Waals surface area contributed by atoms with Gasteiger partial charge in [-0.3, -0.25) is 9.59 Å². The van der Waals surface area contributed by atoms with Crippen LogP contribution in [0.4, 0.5) is 15.8 Å². The molecule has 1 aliphatic carbocycles. The minimum absolute atomic E-state index is 0.131. The predicted molar refractivity (Wildman–Crippen MR) is 159 cm³/mol. The van der Waals surface area contributed by atoms with Crippen molar-refractivity contribution in [3.8, 4) is 11.2 Å². The standard InChI is InChI=1S/C28H23Cl4FN2O2S/c1-38(2,3)13-12-16-14-17(4-10-22(16)29)24-25(28(24,31)32)27(37)35-20-9-11-23(30)21(15-20)26(36)34-19-7-5-18(33)6-8-19/h4-11,14-15,24-25H,1-3H3,(H,34,36)(H,35,37). The number of hydrogen-bond acceptors (Lipinski definition) is 2. The van der Waals surface area contributed by atoms with E-state index in [9.17, 15) is 14.0 Å². The highest BCUT2D eigenvalue weighted by molar-refractivity contribution is 8.36. The molecule has 2 atom stereocenters. The van der Waals surface area contributed by atoms with E-state index >= 15 is 0 Å². The van der Waals surface area contributed by atoms with E-state index in [-0.39, 0.29) is 10.6 Å². The van der Waals surface area contributed by atoms with Crippen LogP contribution in [0.15, 0.2) is 60.7 Å². The largest absolute Gasteiger partial charge is 0.326 e. The summed E-state index contributed by atoms with van der Waals surface area (Å²) in [6, 6.07) is 15.2. The molecular weight excluding hydrogens is 589 g/mol. The van der Waals surface area contributed by atoms with Gasteiger partial charge < -0.3 is 10.6 Å². The summed E-state index contributed by atoms with van der Waals surface area (Å²) < 4.78 is 11.8. The van der Waals surface area contributed by atoms with Crippen molar-refractivity contribution < 1.29 is 14.0 Å². The molecule has 2 N–H and O–H groups in total. The number of amides is 2. The van der Waals surface area contributed by atoms with E-state index in [1.165, 1.54) is 36.4 Å². The van der Waals surface area contributed by atoms with Crippen molar-refractivity contribution in [2.75, 3.05) is 29.4 Å². The van der Waals surface area contributed by atoms with Crippen molar-refractivity contribution in [2.45, 2.75) is 10.3 Å². The van der Waals surface area contributed by atoms with Gasteiger partial charge in [0.2, 0.25) is 5.91 Å². The van der Waals surface area contributed by atoms with Gasteiger partial charge in [0, 0.05) is 22.9 Å². The van der Waals surface area contributed by atoms with Crippen LogP contribution >= 0.6 is 56.4 Å². The second-order valence-electron chi connectivity index (χ2n) is 9.58. The molecule has 2 amide bonds. The van der Waals surface area contributed by atoms with Gasteiger partial charge in [0.15, 0.2) is 0 Å². The molecule has 0 spiro atoms. The zero-order valence-corrected chi connectivity index (χ0v) is 24.4. The Kier molecular flexibility index (Phi) is 8.28. The fourth-order valence-electron chi connectivity index (χ4n) is 3.84. The molecule has 0 aromatic heterocycles. The monoisotopic (exact) mass is 610 g/mol. The van der Waals surface area contributed by atoms with Crippen molar-refractivity contribution in [1.82, 2.24) is 0 Å². The van der Waals surface area contributed by atoms with Gasteiger partial charge in [-0.25, -0.2) is 4.39 Å². The number of rotatable bonds is 5. The van der Waals surface area contributed by atoms with E-state index in [4.69, 9.17) is 46.4 Å². The lowest BCUT2D eigenvalue weighted by Gasteiger charge is -2.15. The van der Waals surface area contributed by atoms with E-state index in [2.05, 4.69) is 40.6 Å². The number of alkyl halides is 2. The van der Waals surface area contributed by atoms with Gasteiger partial charge in [-0.2, -0.15) is 10.0 Å². The molecule has 2 unspecified atom stereocenters. The van der Waals surface area contributed by atoms with Gasteiger partial charge in [0.05, 0.1) is 21.5 Å². The molecule has 0 radical (unpaired) electrons. The Labute approximate surface area is 242 Å². The van der Waals surface area contributed by atoms with Crippen LogP contribution in [0, 0.1) is 22.9 Å². The summed E-state index contributed by atoms with van der Waals surface area (Å²) >= 11 is 25.7. The molecular formula is C28H23Cl4FN2O2S. The highest BCUT2D eigenvalue weighted by atomic mass is 35.5. The molecule has 0 saturated heterocycles. The normalized spacial score (nSPS) is 18.1. The quantitative estimate of drug-likeness (QED) is 0.227. The van der Waals surface area contributed by atoms with Crippen LogP contribution in [0.3, 0.4) is 0 Å². The van der Waals surface area contributed by atoms with Gasteiger partial charge >= 0.3 is 0 Å². The van der Waals surface area contributed by atoms with Crippen LogP contribution < -0.4 is 10.6 Å². The molecule has 1 fully saturated rings. The number of halogens is 5. The summed E-state index contributed by atoms with van der Waals surface area (Å²) in [5.74, 6) is 0.566. The highest BCUT2D eigenvalue weighted by Crippen LogP contribution is 2.65. The van der Waals surface area contributed by atoms with E-state index < -0.39 is 43.8 Å². The Morgan fingerprint density at radius 3 is 2.18 bits per heavy atom. The SMILES string of the molecule is CS(C)(C)C#Cc1cc(C2C(C(=O)Nc3ccc(Cl)c(C(=O)Nc4ccc(F)cc4)c3)C2(Cl)Cl)ccc1Cl. The molecule has 3 aromatic carbocycles. The average molecular weight is 612 g/mol. The molecule has 1 aliphatic rings. The zero-order chi connectivity index (χ0) is 27.8. The van der Waals surface area contributed by atoms with Gasteiger partial charge in [-0.15, -0.1) is 23.2 Å². The second-order valence-corrected chi connectivity index (χ2v) is 15.7. The second kappa shape index (κ2) is 11.0. The molecule has 0 heterocycles. The number of anilines is 2. The van der Waals surface area contributed by atoms with E-state index in [1.807, 2.05) is 6.07 Å². The molecule has 38 heavy (non-hydrogen) atoms. The van der Waals surface area contributed by atoms with Crippen LogP contribution in [-0.4, -0.2) is 34.9 Å². The Morgan fingerprint density at radius 1 is 0.895 bits per heavy atom. The molecule has 4 rings (SSSR count). The molecule has 3 aromatic rings. The molecule has 10 heteroatoms. The zero-order valence-electron chi connectivity index (χ0n) is 20.5. The third-order valence-corrected chi connectivity index (χ3v) is 8.07. The van der Waals surface area contributed by atoms with Gasteiger partial charge in [-0.05, 0) is 84.2 Å². The van der Waals surface area contributed by atoms with Crippen LogP contribution in [0.5, 0.6) is 0 Å². The van der Waals surface area contributed by atoms with Gasteiger partial charge in [0.25, 0.3) is 5.91 Å². The van der Waals surface area contributed by atoms with E-state index in [0.29, 0.717) is 22.0 Å². The first-order valence-electron chi connectivity index (χ1n) is 11.3. The summed E-state index contributed by atoms with van der Waals surface area (Å²) in [6.45, 7) is 0. The predicted octanol–water partition coefficient (Wildman–Crippen LogP) is 7.91. The summed E-state index contributed by atoms with van der Waals surface area (Å²) in [7, 11) is -1.06. The highest BCUT2D eigenvalue weighted by Gasteiger charge is 2.67. The molecule has 1 saturated carbocycles. The number of benzene rings is 3. The summed E-state index contributed by atoms with van der Waals surface area (Å²) in [5.41, 5.74) is 2.27. The first-order valence-corrected chi connectivity index (χ1v) is 15.7. The molecule has 0 bridgehead atoms. The van der Waals surface area contributed by atoms with Gasteiger partial charge in [0.1, 0.15) is 10.2 Å². The van der Waals surface area contributed by atoms with Crippen molar-refractivity contribution in [3.63, 3.8) is 0 Å². The number of hydrogen-bond donors (Lipinski definition) is 2. The third-order valence-electron chi connectivity index (χ3n) is 5.76. The van der Waals surface area contributed by atoms with Crippen LogP contribution in [0.25, 0.3) is 0 Å². The van der Waals surface area contributed by atoms with Crippen LogP contribution in [0.2, 0.25) is 10.0 Å². The third kappa shape index (κ3) is 6.59. The number of carbonyl (C=O) groups excluding carboxylic acids is 2. The van der Waals surface area contributed by atoms with Crippen molar-refractivity contribution >= 4 is 79.6 Å². The van der Waals surface area contributed by atoms with Crippen LogP contribution in [-0.2, 0) is 4.79 Å². The number of nitrogens with one attached hydrogen (secondary N) is 2. The Hall–Kier alpha value is -2.40. The summed E-state index contributed by atoms with van der Waals surface area (Å²) in [6.07, 6.45) is 6.24. The minimum atomic E-state index is -1.33. The minimum Gasteiger partial charge on any atom is -0.326 e. The molecule has 4 nitrogen and oxygen atoms in total. The van der Waals surface area contributed by atoms with Crippen molar-refractivity contribution in [3.05, 3.63) is 93.2 Å². The average Bonchev–Trinajstić information content (AvgIpc) is 3.42. The van der Waals surface area contributed by atoms with E-state index in [0.717, 1.165) is 5.56 Å². The van der Waals surface area contributed by atoms with Gasteiger partial charge in [-0.1, -0.05) is 35.2 Å². The van der Waals surface area contributed by atoms with Crippen molar-refractivity contribution in [2.24, 2.45) is 5.92 Å². The number of carbonyl (C=O) groups is 2. The van der Waals surface area contributed by atoms with Crippen LogP contribution in [0.1, 0.15) is 27.4 Å². The first kappa shape index (κ1) is 28.6. The lowest BCUT2D eigenvalue weighted by molar-refractivity contribution is -0.117. The fraction of sp³-hybridized carbons (Fsp3) is 0.214. The molecule has 198 valence electrons. The maximum atomic E-state index is 13.2. The topological polar surface area (TPSA) is 58.2 Å². The molecule has 0 aliphatic heterocycles. The first-order chi connectivity index (χ1) is 17.8. The fourth-order valence-corrected chi connectivity index (χ4v) is 5.45. The maximum Gasteiger partial charge on any atom is 0.257 e. The smallest absolute Gasteiger partial charge is 0.257 e. The lowest BCUT2D eigenvalue weighted by atomic mass is 10.1. The van der Waals surface area contributed by atoms with Crippen molar-refractivity contribution in [1.29, 1.82) is 0 Å².